The quantitative estimate of drug-likeness (QED) is 0.245. The standard InChI is InChI=1S/C28H21Cl2N2O3S.Na.H2O/c1-17(22-4-2-3-5-23(22)29)35-27(34)31-24-25(36-32-26(24)30)20-8-6-18(7-9-20)19-10-12-21(13-11-19)28(16-33)14-15-28;;/h2-13,17H,14-15H2,1H3,(H,31,34);;1H2/q-1;+1;/p-1/t17-;;/m1../s1. The first-order chi connectivity index (χ1) is 17.4. The number of carbonyl (C=O) groups excluding carboxylic acids is 2. The molecule has 6 nitrogen and oxygen atoms in total. The number of ether oxygens (including phenoxy) is 1. The van der Waals surface area contributed by atoms with Gasteiger partial charge in [-0.2, -0.15) is 4.37 Å². The Kier molecular flexibility index (Phi) is 10.2. The first-order valence-electron chi connectivity index (χ1n) is 11.4. The van der Waals surface area contributed by atoms with Crippen molar-refractivity contribution in [3.63, 3.8) is 0 Å². The van der Waals surface area contributed by atoms with E-state index in [1.54, 1.807) is 13.0 Å². The van der Waals surface area contributed by atoms with Crippen LogP contribution in [0, 0.1) is 0 Å². The summed E-state index contributed by atoms with van der Waals surface area (Å²) in [5, 5.41) is 3.45. The third-order valence-electron chi connectivity index (χ3n) is 6.37. The van der Waals surface area contributed by atoms with Crippen molar-refractivity contribution in [2.75, 3.05) is 5.32 Å². The molecule has 0 saturated heterocycles. The maximum absolute atomic E-state index is 12.6. The minimum atomic E-state index is -0.650. The molecule has 38 heavy (non-hydrogen) atoms. The third-order valence-corrected chi connectivity index (χ3v) is 7.98. The Bertz CT molecular complexity index is 1420. The SMILES string of the molecule is C[C@@H](OC(=O)Nc1c(Cl)nsc1-c1ccc(-c2ccc(C3([C-]=O)CC3)cc2)cc1)c1ccccc1Cl.[Na+].[OH-]. The van der Waals surface area contributed by atoms with Gasteiger partial charge >= 0.3 is 35.7 Å². The molecule has 1 fully saturated rings. The average Bonchev–Trinajstić information content (AvgIpc) is 3.62. The maximum Gasteiger partial charge on any atom is 1.00 e. The molecular formula is C28H22Cl2N2NaO4S-. The zero-order valence-corrected chi connectivity index (χ0v) is 25.0. The predicted molar refractivity (Wildman–Crippen MR) is 147 cm³/mol. The summed E-state index contributed by atoms with van der Waals surface area (Å²) in [4.78, 5) is 24.6. The van der Waals surface area contributed by atoms with E-state index in [0.29, 0.717) is 16.3 Å². The van der Waals surface area contributed by atoms with Crippen LogP contribution in [0.4, 0.5) is 10.5 Å². The van der Waals surface area contributed by atoms with Gasteiger partial charge in [-0.3, -0.25) is 11.6 Å². The molecule has 5 rings (SSSR count). The normalized spacial score (nSPS) is 13.9. The predicted octanol–water partition coefficient (Wildman–Crippen LogP) is 5.06. The number of benzene rings is 3. The molecule has 0 spiro atoms. The van der Waals surface area contributed by atoms with E-state index in [4.69, 9.17) is 27.9 Å². The number of anilines is 1. The van der Waals surface area contributed by atoms with Crippen molar-refractivity contribution in [2.24, 2.45) is 0 Å². The van der Waals surface area contributed by atoms with Crippen LogP contribution < -0.4 is 34.9 Å². The van der Waals surface area contributed by atoms with Crippen molar-refractivity contribution in [3.8, 4) is 21.6 Å². The second-order valence-electron chi connectivity index (χ2n) is 8.71. The molecule has 0 bridgehead atoms. The summed E-state index contributed by atoms with van der Waals surface area (Å²) < 4.78 is 9.73. The Balaban J connectivity index is 0.00000200. The maximum atomic E-state index is 12.6. The number of halogens is 2. The molecule has 1 aliphatic carbocycles. The van der Waals surface area contributed by atoms with Crippen molar-refractivity contribution in [1.29, 1.82) is 0 Å². The topological polar surface area (TPSA) is 98.3 Å². The molecule has 1 aliphatic rings. The van der Waals surface area contributed by atoms with Crippen LogP contribution in [0.5, 0.6) is 0 Å². The molecule has 0 radical (unpaired) electrons. The molecule has 2 N–H and O–H groups in total. The van der Waals surface area contributed by atoms with Gasteiger partial charge in [0.2, 0.25) is 0 Å². The molecule has 190 valence electrons. The van der Waals surface area contributed by atoms with Gasteiger partial charge in [-0.05, 0) is 41.2 Å². The van der Waals surface area contributed by atoms with Crippen molar-refractivity contribution in [1.82, 2.24) is 4.37 Å². The number of hydrogen-bond acceptors (Lipinski definition) is 6. The Morgan fingerprint density at radius 2 is 1.58 bits per heavy atom. The van der Waals surface area contributed by atoms with Crippen LogP contribution in [0.3, 0.4) is 0 Å². The van der Waals surface area contributed by atoms with Gasteiger partial charge in [0.25, 0.3) is 0 Å². The Labute approximate surface area is 257 Å². The van der Waals surface area contributed by atoms with Gasteiger partial charge in [0.1, 0.15) is 11.8 Å². The molecule has 1 heterocycles. The Morgan fingerprint density at radius 1 is 1.00 bits per heavy atom. The summed E-state index contributed by atoms with van der Waals surface area (Å²) in [6.45, 7) is 1.75. The molecule has 0 unspecified atom stereocenters. The Morgan fingerprint density at radius 3 is 2.16 bits per heavy atom. The van der Waals surface area contributed by atoms with E-state index in [1.807, 2.05) is 66.7 Å². The molecule has 1 atom stereocenters. The van der Waals surface area contributed by atoms with Crippen LogP contribution in [0.1, 0.15) is 37.0 Å². The zero-order chi connectivity index (χ0) is 25.3. The first kappa shape index (κ1) is 30.3. The minimum Gasteiger partial charge on any atom is -0.870 e. The summed E-state index contributed by atoms with van der Waals surface area (Å²) in [6, 6.07) is 23.2. The van der Waals surface area contributed by atoms with Gasteiger partial charge in [-0.1, -0.05) is 108 Å². The summed E-state index contributed by atoms with van der Waals surface area (Å²) in [5.41, 5.74) is 4.67. The molecule has 0 aliphatic heterocycles. The summed E-state index contributed by atoms with van der Waals surface area (Å²) in [5.74, 6) is 0. The number of aromatic nitrogens is 1. The third kappa shape index (κ3) is 6.32. The molecule has 1 aromatic heterocycles. The van der Waals surface area contributed by atoms with Crippen LogP contribution in [-0.2, 0) is 14.9 Å². The number of rotatable bonds is 7. The zero-order valence-electron chi connectivity index (χ0n) is 20.7. The van der Waals surface area contributed by atoms with Crippen LogP contribution in [0.25, 0.3) is 21.6 Å². The monoisotopic (exact) mass is 575 g/mol. The first-order valence-corrected chi connectivity index (χ1v) is 12.9. The van der Waals surface area contributed by atoms with Gasteiger partial charge in [-0.15, -0.1) is 5.41 Å². The van der Waals surface area contributed by atoms with Crippen molar-refractivity contribution in [3.05, 3.63) is 94.1 Å². The summed E-state index contributed by atoms with van der Waals surface area (Å²) in [6.07, 6.45) is 2.72. The Hall–Kier alpha value is -2.23. The van der Waals surface area contributed by atoms with Crippen LogP contribution in [0.15, 0.2) is 72.8 Å². The van der Waals surface area contributed by atoms with Crippen molar-refractivity contribution in [2.45, 2.75) is 31.3 Å². The van der Waals surface area contributed by atoms with Gasteiger partial charge in [0.15, 0.2) is 5.15 Å². The second-order valence-corrected chi connectivity index (χ2v) is 10.2. The van der Waals surface area contributed by atoms with E-state index < -0.39 is 17.6 Å². The van der Waals surface area contributed by atoms with E-state index in [-0.39, 0.29) is 40.2 Å². The number of hydrogen-bond donors (Lipinski definition) is 1. The second kappa shape index (κ2) is 12.7. The summed E-state index contributed by atoms with van der Waals surface area (Å²) >= 11 is 13.7. The number of carbonyl (C=O) groups is 1. The molecule has 10 heteroatoms. The van der Waals surface area contributed by atoms with Gasteiger partial charge in [-0.25, -0.2) is 4.79 Å². The average molecular weight is 576 g/mol. The largest absolute Gasteiger partial charge is 1.00 e. The number of amides is 1. The van der Waals surface area contributed by atoms with Crippen molar-refractivity contribution < 1.29 is 49.4 Å². The fourth-order valence-electron chi connectivity index (χ4n) is 4.11. The van der Waals surface area contributed by atoms with Crippen LogP contribution >= 0.6 is 34.7 Å². The van der Waals surface area contributed by atoms with Gasteiger partial charge in [0.05, 0.1) is 4.88 Å². The van der Waals surface area contributed by atoms with Gasteiger partial charge < -0.3 is 15.0 Å². The summed E-state index contributed by atoms with van der Waals surface area (Å²) in [7, 11) is 0. The van der Waals surface area contributed by atoms with Crippen LogP contribution in [-0.4, -0.2) is 22.2 Å². The number of nitrogens with one attached hydrogen (secondary N) is 1. The van der Waals surface area contributed by atoms with E-state index in [2.05, 4.69) is 16.0 Å². The van der Waals surface area contributed by atoms with E-state index in [1.165, 1.54) is 11.5 Å². The number of nitrogens with zero attached hydrogens (tertiary/aromatic N) is 1. The van der Waals surface area contributed by atoms with E-state index in [0.717, 1.165) is 40.0 Å². The molecule has 4 aromatic rings. The van der Waals surface area contributed by atoms with Crippen LogP contribution in [0.2, 0.25) is 10.2 Å². The molecule has 1 amide bonds. The minimum absolute atomic E-state index is 0. The molecular weight excluding hydrogens is 554 g/mol. The molecule has 3 aromatic carbocycles. The fraction of sp³-hybridized carbons (Fsp3) is 0.179. The molecule has 1 saturated carbocycles. The van der Waals surface area contributed by atoms with Crippen molar-refractivity contribution >= 4 is 52.8 Å². The fourth-order valence-corrected chi connectivity index (χ4v) is 5.44. The van der Waals surface area contributed by atoms with E-state index in [9.17, 15) is 9.59 Å². The van der Waals surface area contributed by atoms with Gasteiger partial charge in [0, 0.05) is 10.6 Å². The van der Waals surface area contributed by atoms with E-state index >= 15 is 0 Å². The smallest absolute Gasteiger partial charge is 0.870 e.